The van der Waals surface area contributed by atoms with Crippen LogP contribution in [-0.4, -0.2) is 41.7 Å². The van der Waals surface area contributed by atoms with Crippen molar-refractivity contribution in [3.8, 4) is 0 Å². The largest absolute Gasteiger partial charge is 0.398 e. The molecule has 0 spiro atoms. The molecule has 8 heteroatoms. The molecule has 0 unspecified atom stereocenters. The maximum Gasteiger partial charge on any atom is 0.398 e. The number of fused-ring (bicyclic) bond motifs is 4. The third kappa shape index (κ3) is 3.16. The maximum absolute atomic E-state index is 13.7. The minimum Gasteiger partial charge on any atom is -0.346 e. The Morgan fingerprint density at radius 1 is 1.20 bits per heavy atom. The van der Waals surface area contributed by atoms with Crippen molar-refractivity contribution in [1.82, 2.24) is 10.2 Å². The summed E-state index contributed by atoms with van der Waals surface area (Å²) in [6, 6.07) is 6.87. The minimum absolute atomic E-state index is 0. The molecule has 1 N–H and O–H groups in total. The van der Waals surface area contributed by atoms with Crippen LogP contribution in [-0.2, 0) is 5.41 Å². The van der Waals surface area contributed by atoms with Gasteiger partial charge in [0.15, 0.2) is 0 Å². The summed E-state index contributed by atoms with van der Waals surface area (Å²) in [5, 5.41) is 3.95. The van der Waals surface area contributed by atoms with Crippen LogP contribution in [0.3, 0.4) is 0 Å². The number of thiophene rings is 1. The summed E-state index contributed by atoms with van der Waals surface area (Å²) in [5.41, 5.74) is -1.51. The van der Waals surface area contributed by atoms with Gasteiger partial charge in [-0.15, -0.1) is 23.7 Å². The third-order valence-corrected chi connectivity index (χ3v) is 8.63. The molecule has 1 aliphatic carbocycles. The number of carbonyl (C=O) groups is 1. The van der Waals surface area contributed by atoms with Crippen LogP contribution in [0.4, 0.5) is 13.2 Å². The molecule has 1 atom stereocenters. The first kappa shape index (κ1) is 21.9. The number of halogens is 4. The number of rotatable bonds is 3. The first-order valence-corrected chi connectivity index (χ1v) is 11.1. The normalized spacial score (nSPS) is 28.8. The molecule has 164 valence electrons. The molecule has 1 amide bonds. The van der Waals surface area contributed by atoms with Crippen LogP contribution in [0.5, 0.6) is 0 Å². The van der Waals surface area contributed by atoms with Crippen molar-refractivity contribution >= 4 is 39.7 Å². The Bertz CT molecular complexity index is 974. The topological polar surface area (TPSA) is 32.3 Å². The predicted octanol–water partition coefficient (Wildman–Crippen LogP) is 5.52. The van der Waals surface area contributed by atoms with Crippen LogP contribution in [0.25, 0.3) is 10.1 Å². The minimum atomic E-state index is -4.26. The van der Waals surface area contributed by atoms with Crippen LogP contribution >= 0.6 is 23.7 Å². The number of nitrogens with one attached hydrogen (secondary N) is 1. The Morgan fingerprint density at radius 3 is 2.43 bits per heavy atom. The number of amides is 1. The van der Waals surface area contributed by atoms with Gasteiger partial charge >= 0.3 is 6.18 Å². The highest BCUT2D eigenvalue weighted by molar-refractivity contribution is 7.21. The van der Waals surface area contributed by atoms with Gasteiger partial charge in [-0.3, -0.25) is 9.69 Å². The van der Waals surface area contributed by atoms with Gasteiger partial charge in [0.2, 0.25) is 0 Å². The summed E-state index contributed by atoms with van der Waals surface area (Å²) in [7, 11) is 0. The average molecular weight is 459 g/mol. The van der Waals surface area contributed by atoms with Crippen molar-refractivity contribution in [2.75, 3.05) is 13.1 Å². The van der Waals surface area contributed by atoms with E-state index in [9.17, 15) is 18.0 Å². The summed E-state index contributed by atoms with van der Waals surface area (Å²) in [6.45, 7) is 6.48. The zero-order chi connectivity index (χ0) is 20.6. The lowest BCUT2D eigenvalue weighted by molar-refractivity contribution is -0.160. The van der Waals surface area contributed by atoms with E-state index in [4.69, 9.17) is 0 Å². The molecule has 3 aliphatic heterocycles. The summed E-state index contributed by atoms with van der Waals surface area (Å²) < 4.78 is 41.6. The molecule has 4 aliphatic rings. The van der Waals surface area contributed by atoms with Gasteiger partial charge in [-0.05, 0) is 75.6 Å². The van der Waals surface area contributed by atoms with Gasteiger partial charge in [0.05, 0.1) is 10.3 Å². The molecule has 3 nitrogen and oxygen atoms in total. The fraction of sp³-hybridized carbons (Fsp3) is 0.591. The predicted molar refractivity (Wildman–Crippen MR) is 116 cm³/mol. The SMILES string of the molecule is CC1(C)[C@H](NC(=O)c2cc3cccc(C4(C(F)(F)F)CC4)c3s2)C2CCN1CC2.Cl. The van der Waals surface area contributed by atoms with Gasteiger partial charge in [0.25, 0.3) is 5.91 Å². The molecule has 1 saturated carbocycles. The highest BCUT2D eigenvalue weighted by Crippen LogP contribution is 2.60. The summed E-state index contributed by atoms with van der Waals surface area (Å²) in [6.07, 6.45) is -1.84. The van der Waals surface area contributed by atoms with Crippen LogP contribution in [0, 0.1) is 5.92 Å². The van der Waals surface area contributed by atoms with E-state index in [2.05, 4.69) is 24.1 Å². The molecule has 4 fully saturated rings. The molecule has 2 bridgehead atoms. The molecule has 0 radical (unpaired) electrons. The zero-order valence-corrected chi connectivity index (χ0v) is 18.6. The monoisotopic (exact) mass is 458 g/mol. The smallest absolute Gasteiger partial charge is 0.346 e. The number of nitrogens with zero attached hydrogens (tertiary/aromatic N) is 1. The van der Waals surface area contributed by atoms with E-state index < -0.39 is 11.6 Å². The molecule has 2 aromatic rings. The highest BCUT2D eigenvalue weighted by Gasteiger charge is 2.64. The lowest BCUT2D eigenvalue weighted by Crippen LogP contribution is -2.69. The molecular formula is C22H26ClF3N2OS. The number of hydrogen-bond acceptors (Lipinski definition) is 3. The lowest BCUT2D eigenvalue weighted by Gasteiger charge is -2.56. The second-order valence-corrected chi connectivity index (χ2v) is 10.4. The van der Waals surface area contributed by atoms with Gasteiger partial charge in [0, 0.05) is 16.3 Å². The quantitative estimate of drug-likeness (QED) is 0.656. The van der Waals surface area contributed by atoms with Crippen LogP contribution in [0.15, 0.2) is 24.3 Å². The average Bonchev–Trinajstić information content (AvgIpc) is 3.37. The number of benzene rings is 1. The number of piperidine rings is 3. The highest BCUT2D eigenvalue weighted by atomic mass is 35.5. The van der Waals surface area contributed by atoms with E-state index in [-0.39, 0.29) is 42.7 Å². The Hall–Kier alpha value is -1.31. The van der Waals surface area contributed by atoms with E-state index >= 15 is 0 Å². The Morgan fingerprint density at radius 2 is 1.87 bits per heavy atom. The Labute approximate surface area is 184 Å². The summed E-state index contributed by atoms with van der Waals surface area (Å²) in [4.78, 5) is 16.0. The second kappa shape index (κ2) is 7.10. The van der Waals surface area contributed by atoms with Gasteiger partial charge < -0.3 is 5.32 Å². The summed E-state index contributed by atoms with van der Waals surface area (Å²) >= 11 is 1.20. The fourth-order valence-corrected chi connectivity index (χ4v) is 6.65. The number of alkyl halides is 3. The van der Waals surface area contributed by atoms with Crippen LogP contribution < -0.4 is 5.32 Å². The third-order valence-electron chi connectivity index (χ3n) is 7.45. The molecule has 3 saturated heterocycles. The summed E-state index contributed by atoms with van der Waals surface area (Å²) in [5.74, 6) is 0.296. The van der Waals surface area contributed by atoms with E-state index in [1.165, 1.54) is 11.3 Å². The van der Waals surface area contributed by atoms with E-state index in [1.54, 1.807) is 24.3 Å². The first-order chi connectivity index (χ1) is 13.6. The van der Waals surface area contributed by atoms with Crippen LogP contribution in [0.1, 0.15) is 54.8 Å². The first-order valence-electron chi connectivity index (χ1n) is 10.3. The van der Waals surface area contributed by atoms with E-state index in [0.717, 1.165) is 31.3 Å². The molecule has 30 heavy (non-hydrogen) atoms. The maximum atomic E-state index is 13.7. The van der Waals surface area contributed by atoms with Gasteiger partial charge in [-0.2, -0.15) is 13.2 Å². The van der Waals surface area contributed by atoms with Crippen molar-refractivity contribution in [1.29, 1.82) is 0 Å². The van der Waals surface area contributed by atoms with Crippen molar-refractivity contribution < 1.29 is 18.0 Å². The molecule has 4 heterocycles. The van der Waals surface area contributed by atoms with Crippen molar-refractivity contribution in [3.05, 3.63) is 34.7 Å². The Balaban J connectivity index is 0.00000218. The molecule has 6 rings (SSSR count). The number of carbonyl (C=O) groups excluding carboxylic acids is 1. The fourth-order valence-electron chi connectivity index (χ4n) is 5.47. The van der Waals surface area contributed by atoms with Gasteiger partial charge in [0.1, 0.15) is 0 Å². The second-order valence-electron chi connectivity index (χ2n) is 9.34. The zero-order valence-electron chi connectivity index (χ0n) is 17.0. The van der Waals surface area contributed by atoms with Crippen molar-refractivity contribution in [3.63, 3.8) is 0 Å². The Kier molecular flexibility index (Phi) is 5.19. The van der Waals surface area contributed by atoms with Crippen LogP contribution in [0.2, 0.25) is 0 Å². The van der Waals surface area contributed by atoms with E-state index in [1.807, 2.05) is 0 Å². The molecule has 1 aromatic heterocycles. The standard InChI is InChI=1S/C22H25F3N2OS.ClH/c1-20(2)18(13-6-10-27(20)11-7-13)26-19(28)16-12-14-4-3-5-15(17(14)29-16)21(8-9-21)22(23,24)25;/h3-5,12-13,18H,6-11H2,1-2H3,(H,26,28);1H/t18-;/m1./s1. The molecular weight excluding hydrogens is 433 g/mol. The van der Waals surface area contributed by atoms with E-state index in [0.29, 0.717) is 21.1 Å². The van der Waals surface area contributed by atoms with Gasteiger partial charge in [-0.1, -0.05) is 18.2 Å². The number of hydrogen-bond donors (Lipinski definition) is 1. The van der Waals surface area contributed by atoms with Gasteiger partial charge in [-0.25, -0.2) is 0 Å². The van der Waals surface area contributed by atoms with Crippen molar-refractivity contribution in [2.45, 2.75) is 62.7 Å². The van der Waals surface area contributed by atoms with Crippen molar-refractivity contribution in [2.24, 2.45) is 5.92 Å². The molecule has 1 aromatic carbocycles. The lowest BCUT2D eigenvalue weighted by atomic mass is 9.72.